The van der Waals surface area contributed by atoms with Crippen LogP contribution in [0.25, 0.3) is 0 Å². The van der Waals surface area contributed by atoms with Crippen molar-refractivity contribution in [2.75, 3.05) is 6.61 Å². The molecule has 0 radical (unpaired) electrons. The van der Waals surface area contributed by atoms with Gasteiger partial charge in [0.15, 0.2) is 0 Å². The molecule has 0 N–H and O–H groups in total. The number of ether oxygens (including phenoxy) is 2. The Labute approximate surface area is 161 Å². The zero-order valence-corrected chi connectivity index (χ0v) is 17.2. The van der Waals surface area contributed by atoms with E-state index < -0.39 is 40.1 Å². The molecule has 0 saturated heterocycles. The van der Waals surface area contributed by atoms with Gasteiger partial charge in [0.2, 0.25) is 0 Å². The van der Waals surface area contributed by atoms with Crippen molar-refractivity contribution in [1.29, 1.82) is 0 Å². The number of carbonyl (C=O) groups is 2. The first-order valence-corrected chi connectivity index (χ1v) is 9.12. The molecule has 0 aromatic heterocycles. The highest BCUT2D eigenvalue weighted by molar-refractivity contribution is 9.10. The minimum Gasteiger partial charge on any atom is -0.462 e. The zero-order chi connectivity index (χ0) is 20.2. The molecule has 0 spiro atoms. The van der Waals surface area contributed by atoms with E-state index in [1.54, 1.807) is 25.1 Å². The van der Waals surface area contributed by atoms with Gasteiger partial charge in [0.25, 0.3) is 0 Å². The molecule has 2 unspecified atom stereocenters. The lowest BCUT2D eigenvalue weighted by Gasteiger charge is -2.43. The van der Waals surface area contributed by atoms with Crippen molar-refractivity contribution >= 4 is 27.9 Å². The number of benzene rings is 1. The molecule has 0 bridgehead atoms. The summed E-state index contributed by atoms with van der Waals surface area (Å²) in [5, 5.41) is 0. The molecule has 0 amide bonds. The largest absolute Gasteiger partial charge is 0.462 e. The average Bonchev–Trinajstić information content (AvgIpc) is 2.53. The van der Waals surface area contributed by atoms with Crippen LogP contribution in [0.1, 0.15) is 51.4 Å². The minimum absolute atomic E-state index is 0.159. The van der Waals surface area contributed by atoms with E-state index in [1.807, 2.05) is 20.8 Å². The molecule has 0 aliphatic rings. The van der Waals surface area contributed by atoms with E-state index in [0.717, 1.165) is 0 Å². The van der Waals surface area contributed by atoms with Crippen molar-refractivity contribution in [3.8, 4) is 0 Å². The molecule has 146 valence electrons. The van der Waals surface area contributed by atoms with E-state index in [-0.39, 0.29) is 12.2 Å². The number of hydrogen-bond acceptors (Lipinski definition) is 4. The van der Waals surface area contributed by atoms with E-state index in [4.69, 9.17) is 4.74 Å². The number of halogens is 3. The van der Waals surface area contributed by atoms with Crippen LogP contribution in [0.15, 0.2) is 30.3 Å². The van der Waals surface area contributed by atoms with Crippen molar-refractivity contribution in [1.82, 2.24) is 0 Å². The van der Waals surface area contributed by atoms with Crippen molar-refractivity contribution in [3.63, 3.8) is 0 Å². The highest BCUT2D eigenvalue weighted by atomic mass is 79.9. The van der Waals surface area contributed by atoms with Gasteiger partial charge in [0.05, 0.1) is 22.9 Å². The van der Waals surface area contributed by atoms with Crippen molar-refractivity contribution in [3.05, 3.63) is 35.9 Å². The maximum atomic E-state index is 14.3. The minimum atomic E-state index is -3.78. The van der Waals surface area contributed by atoms with Crippen LogP contribution < -0.4 is 0 Å². The van der Waals surface area contributed by atoms with Crippen LogP contribution in [0.2, 0.25) is 0 Å². The third-order valence-electron chi connectivity index (χ3n) is 4.35. The Morgan fingerprint density at radius 2 is 1.65 bits per heavy atom. The average molecular weight is 435 g/mol. The summed E-state index contributed by atoms with van der Waals surface area (Å²) in [6, 6.07) is 8.09. The van der Waals surface area contributed by atoms with Gasteiger partial charge in [-0.05, 0) is 31.4 Å². The van der Waals surface area contributed by atoms with Gasteiger partial charge in [-0.25, -0.2) is 9.59 Å². The van der Waals surface area contributed by atoms with Crippen molar-refractivity contribution in [2.45, 2.75) is 57.4 Å². The van der Waals surface area contributed by atoms with Crippen molar-refractivity contribution < 1.29 is 27.8 Å². The van der Waals surface area contributed by atoms with Gasteiger partial charge in [-0.2, -0.15) is 8.78 Å². The first-order valence-electron chi connectivity index (χ1n) is 8.33. The summed E-state index contributed by atoms with van der Waals surface area (Å²) in [7, 11) is 0. The Morgan fingerprint density at radius 3 is 2.12 bits per heavy atom. The molecule has 1 rings (SSSR count). The summed E-state index contributed by atoms with van der Waals surface area (Å²) in [6.45, 7) is 8.43. The zero-order valence-electron chi connectivity index (χ0n) is 15.6. The molecular formula is C19H25BrF2O4. The topological polar surface area (TPSA) is 52.6 Å². The summed E-state index contributed by atoms with van der Waals surface area (Å²) in [6.07, 6.45) is -2.25. The summed E-state index contributed by atoms with van der Waals surface area (Å²) < 4.78 is 37.5. The molecule has 0 saturated carbocycles. The van der Waals surface area contributed by atoms with E-state index in [2.05, 4.69) is 20.7 Å². The fourth-order valence-electron chi connectivity index (χ4n) is 2.15. The van der Waals surface area contributed by atoms with E-state index in [0.29, 0.717) is 0 Å². The van der Waals surface area contributed by atoms with Gasteiger partial charge in [-0.3, -0.25) is 0 Å². The normalized spacial score (nSPS) is 15.7. The number of carbonyl (C=O) groups excluding carboxylic acids is 2. The number of esters is 2. The molecular weight excluding hydrogens is 410 g/mol. The Kier molecular flexibility index (Phi) is 7.33. The van der Waals surface area contributed by atoms with E-state index in [1.165, 1.54) is 19.1 Å². The third kappa shape index (κ3) is 5.50. The van der Waals surface area contributed by atoms with Crippen LogP contribution in [-0.2, 0) is 14.3 Å². The van der Waals surface area contributed by atoms with Crippen molar-refractivity contribution in [2.24, 2.45) is 5.41 Å². The molecule has 4 nitrogen and oxygen atoms in total. The molecule has 1 aromatic rings. The fraction of sp³-hybridized carbons (Fsp3) is 0.579. The summed E-state index contributed by atoms with van der Waals surface area (Å²) >= 11 is 3.45. The van der Waals surface area contributed by atoms with Crippen LogP contribution in [-0.4, -0.2) is 34.9 Å². The Morgan fingerprint density at radius 1 is 1.12 bits per heavy atom. The van der Waals surface area contributed by atoms with Gasteiger partial charge in [-0.15, -0.1) is 0 Å². The van der Waals surface area contributed by atoms with Gasteiger partial charge < -0.3 is 9.47 Å². The van der Waals surface area contributed by atoms with Gasteiger partial charge in [-0.1, -0.05) is 54.9 Å². The first kappa shape index (κ1) is 22.5. The van der Waals surface area contributed by atoms with E-state index in [9.17, 15) is 18.4 Å². The lowest BCUT2D eigenvalue weighted by atomic mass is 9.76. The highest BCUT2D eigenvalue weighted by Gasteiger charge is 2.52. The Bertz CT molecular complexity index is 624. The molecule has 0 heterocycles. The summed E-state index contributed by atoms with van der Waals surface area (Å²) in [5.74, 6) is -6.14. The van der Waals surface area contributed by atoms with Gasteiger partial charge in [0, 0.05) is 0 Å². The molecule has 0 aliphatic heterocycles. The Balaban J connectivity index is 3.15. The first-order chi connectivity index (χ1) is 11.8. The molecule has 26 heavy (non-hydrogen) atoms. The molecule has 2 atom stereocenters. The second-order valence-electron chi connectivity index (χ2n) is 7.21. The van der Waals surface area contributed by atoms with Crippen LogP contribution in [0.5, 0.6) is 0 Å². The lowest BCUT2D eigenvalue weighted by molar-refractivity contribution is -0.176. The quantitative estimate of drug-likeness (QED) is 0.447. The predicted molar refractivity (Wildman–Crippen MR) is 98.6 cm³/mol. The number of alkyl halides is 3. The maximum absolute atomic E-state index is 14.3. The SMILES string of the molecule is CCOC(=O)C(F)(F)CC(OC(=O)c1ccccc1)C(C)(Br)C(C)(C)C. The van der Waals surface area contributed by atoms with Gasteiger partial charge >= 0.3 is 17.9 Å². The number of rotatable bonds is 7. The highest BCUT2D eigenvalue weighted by Crippen LogP contribution is 2.45. The van der Waals surface area contributed by atoms with Crippen LogP contribution >= 0.6 is 15.9 Å². The monoisotopic (exact) mass is 434 g/mol. The predicted octanol–water partition coefficient (Wildman–Crippen LogP) is 5.00. The third-order valence-corrected chi connectivity index (χ3v) is 6.05. The molecule has 7 heteroatoms. The molecule has 1 aromatic carbocycles. The van der Waals surface area contributed by atoms with E-state index >= 15 is 0 Å². The second-order valence-corrected chi connectivity index (χ2v) is 8.86. The maximum Gasteiger partial charge on any atom is 0.377 e. The van der Waals surface area contributed by atoms with Crippen LogP contribution in [0, 0.1) is 5.41 Å². The molecule has 0 aliphatic carbocycles. The van der Waals surface area contributed by atoms with Gasteiger partial charge in [0.1, 0.15) is 6.10 Å². The summed E-state index contributed by atoms with van der Waals surface area (Å²) in [5.41, 5.74) is -0.298. The molecule has 0 fully saturated rings. The van der Waals surface area contributed by atoms with Crippen LogP contribution in [0.4, 0.5) is 8.78 Å². The smallest absolute Gasteiger partial charge is 0.377 e. The second kappa shape index (κ2) is 8.46. The standard InChI is InChI=1S/C19H25BrF2O4/c1-6-25-16(24)19(21,22)12-14(18(5,20)17(2,3)4)26-15(23)13-10-8-7-9-11-13/h7-11,14H,6,12H2,1-5H3. The lowest BCUT2D eigenvalue weighted by Crippen LogP contribution is -2.50. The fourth-order valence-corrected chi connectivity index (χ4v) is 2.41. The summed E-state index contributed by atoms with van der Waals surface area (Å²) in [4.78, 5) is 24.0. The Hall–Kier alpha value is -1.50. The number of hydrogen-bond donors (Lipinski definition) is 0. The van der Waals surface area contributed by atoms with Crippen LogP contribution in [0.3, 0.4) is 0 Å².